The van der Waals surface area contributed by atoms with Crippen molar-refractivity contribution in [3.63, 3.8) is 0 Å². The third kappa shape index (κ3) is 2.56. The van der Waals surface area contributed by atoms with Gasteiger partial charge in [-0.1, -0.05) is 6.07 Å². The van der Waals surface area contributed by atoms with Gasteiger partial charge in [-0.15, -0.1) is 0 Å². The van der Waals surface area contributed by atoms with E-state index in [0.29, 0.717) is 5.75 Å². The Labute approximate surface area is 71.8 Å². The second kappa shape index (κ2) is 3.60. The third-order valence-corrected chi connectivity index (χ3v) is 1.44. The molecule has 2 N–H and O–H groups in total. The monoisotopic (exact) mass is 166 g/mol. The van der Waals surface area contributed by atoms with E-state index in [1.54, 1.807) is 12.1 Å². The maximum atomic E-state index is 8.52. The summed E-state index contributed by atoms with van der Waals surface area (Å²) in [6.07, 6.45) is 0. The van der Waals surface area contributed by atoms with Crippen LogP contribution in [-0.2, 0) is 0 Å². The second-order valence-corrected chi connectivity index (χ2v) is 2.77. The summed E-state index contributed by atoms with van der Waals surface area (Å²) in [5.74, 6) is 0.475. The molecule has 0 aliphatic rings. The molecule has 0 aliphatic heterocycles. The van der Waals surface area contributed by atoms with Crippen LogP contribution in [0, 0.1) is 13.8 Å². The fourth-order valence-electron chi connectivity index (χ4n) is 1.12. The lowest BCUT2D eigenvalue weighted by molar-refractivity contribution is 0.288. The quantitative estimate of drug-likeness (QED) is 0.634. The summed E-state index contributed by atoms with van der Waals surface area (Å²) >= 11 is 0. The maximum Gasteiger partial charge on any atom is 0.707 e. The number of benzene rings is 1. The highest BCUT2D eigenvalue weighted by molar-refractivity contribution is 6.33. The molecule has 0 aliphatic carbocycles. The molecule has 0 saturated carbocycles. The Kier molecular flexibility index (Phi) is 2.73. The summed E-state index contributed by atoms with van der Waals surface area (Å²) in [7, 11) is -1.74. The van der Waals surface area contributed by atoms with Crippen molar-refractivity contribution in [1.29, 1.82) is 0 Å². The van der Waals surface area contributed by atoms with Crippen LogP contribution < -0.4 is 4.65 Å². The molecule has 4 heteroatoms. The van der Waals surface area contributed by atoms with E-state index in [0.717, 1.165) is 11.1 Å². The van der Waals surface area contributed by atoms with Crippen LogP contribution in [0.3, 0.4) is 0 Å². The lowest BCUT2D eigenvalue weighted by Gasteiger charge is -2.06. The first-order valence-corrected chi connectivity index (χ1v) is 3.69. The molecule has 0 spiro atoms. The highest BCUT2D eigenvalue weighted by Gasteiger charge is 2.10. The molecule has 1 aromatic rings. The molecule has 1 aromatic carbocycles. The zero-order chi connectivity index (χ0) is 9.14. The van der Waals surface area contributed by atoms with Gasteiger partial charge >= 0.3 is 7.32 Å². The molecule has 0 amide bonds. The molecule has 0 bridgehead atoms. The minimum absolute atomic E-state index is 0.475. The van der Waals surface area contributed by atoms with Crippen LogP contribution in [0.5, 0.6) is 5.75 Å². The average Bonchev–Trinajstić information content (AvgIpc) is 1.81. The van der Waals surface area contributed by atoms with Gasteiger partial charge in [0.1, 0.15) is 5.75 Å². The van der Waals surface area contributed by atoms with Crippen LogP contribution in [0.15, 0.2) is 18.2 Å². The van der Waals surface area contributed by atoms with E-state index in [9.17, 15) is 0 Å². The fourth-order valence-corrected chi connectivity index (χ4v) is 1.12. The Hall–Kier alpha value is -0.995. The van der Waals surface area contributed by atoms with E-state index in [-0.39, 0.29) is 0 Å². The van der Waals surface area contributed by atoms with E-state index in [4.69, 9.17) is 10.0 Å². The molecule has 0 atom stereocenters. The van der Waals surface area contributed by atoms with Gasteiger partial charge in [-0.25, -0.2) is 0 Å². The molecule has 1 rings (SSSR count). The maximum absolute atomic E-state index is 8.52. The second-order valence-electron chi connectivity index (χ2n) is 2.77. The van der Waals surface area contributed by atoms with Crippen LogP contribution in [-0.4, -0.2) is 17.4 Å². The first-order chi connectivity index (χ1) is 5.58. The summed E-state index contributed by atoms with van der Waals surface area (Å²) in [6.45, 7) is 3.84. The summed E-state index contributed by atoms with van der Waals surface area (Å²) in [5, 5.41) is 17.0. The first-order valence-electron chi connectivity index (χ1n) is 3.69. The van der Waals surface area contributed by atoms with E-state index >= 15 is 0 Å². The van der Waals surface area contributed by atoms with E-state index < -0.39 is 7.32 Å². The van der Waals surface area contributed by atoms with E-state index in [2.05, 4.69) is 4.65 Å². The molecule has 0 saturated heterocycles. The molecular formula is C8H11BO3. The summed E-state index contributed by atoms with van der Waals surface area (Å²) in [6, 6.07) is 5.47. The lowest BCUT2D eigenvalue weighted by Crippen LogP contribution is -2.20. The summed E-state index contributed by atoms with van der Waals surface area (Å²) in [4.78, 5) is 0. The average molecular weight is 166 g/mol. The van der Waals surface area contributed by atoms with Crippen molar-refractivity contribution >= 4 is 7.32 Å². The standard InChI is InChI=1S/C8H11BO3/c1-6-3-7(2)5-8(4-6)12-9(10)11/h3-5,10-11H,1-2H3. The van der Waals surface area contributed by atoms with Crippen LogP contribution in [0.2, 0.25) is 0 Å². The van der Waals surface area contributed by atoms with Crippen molar-refractivity contribution in [1.82, 2.24) is 0 Å². The molecular weight excluding hydrogens is 155 g/mol. The molecule has 0 radical (unpaired) electrons. The SMILES string of the molecule is Cc1cc(C)cc(OB(O)O)c1. The molecule has 0 fully saturated rings. The highest BCUT2D eigenvalue weighted by atomic mass is 16.6. The molecule has 0 unspecified atom stereocenters. The molecule has 0 heterocycles. The van der Waals surface area contributed by atoms with Gasteiger partial charge in [0, 0.05) is 0 Å². The number of rotatable bonds is 2. The number of hydrogen-bond acceptors (Lipinski definition) is 3. The Balaban J connectivity index is 2.85. The zero-order valence-corrected chi connectivity index (χ0v) is 7.11. The van der Waals surface area contributed by atoms with Crippen molar-refractivity contribution < 1.29 is 14.7 Å². The third-order valence-electron chi connectivity index (χ3n) is 1.44. The van der Waals surface area contributed by atoms with Crippen LogP contribution >= 0.6 is 0 Å². The van der Waals surface area contributed by atoms with Gasteiger partial charge in [-0.3, -0.25) is 0 Å². The normalized spacial score (nSPS) is 9.67. The molecule has 0 aromatic heterocycles. The lowest BCUT2D eigenvalue weighted by atomic mass is 10.1. The molecule has 64 valence electrons. The topological polar surface area (TPSA) is 49.7 Å². The smallest absolute Gasteiger partial charge is 0.512 e. The minimum Gasteiger partial charge on any atom is -0.512 e. The van der Waals surface area contributed by atoms with E-state index in [1.807, 2.05) is 19.9 Å². The van der Waals surface area contributed by atoms with Crippen LogP contribution in [0.1, 0.15) is 11.1 Å². The van der Waals surface area contributed by atoms with Gasteiger partial charge in [0.15, 0.2) is 0 Å². The van der Waals surface area contributed by atoms with E-state index in [1.165, 1.54) is 0 Å². The van der Waals surface area contributed by atoms with Gasteiger partial charge in [-0.05, 0) is 37.1 Å². The van der Waals surface area contributed by atoms with Crippen molar-refractivity contribution in [2.75, 3.05) is 0 Å². The summed E-state index contributed by atoms with van der Waals surface area (Å²) in [5.41, 5.74) is 2.07. The predicted octanol–water partition coefficient (Wildman–Crippen LogP) is 0.652. The largest absolute Gasteiger partial charge is 0.707 e. The zero-order valence-electron chi connectivity index (χ0n) is 7.11. The van der Waals surface area contributed by atoms with Crippen LogP contribution in [0.25, 0.3) is 0 Å². The van der Waals surface area contributed by atoms with Crippen molar-refractivity contribution in [3.05, 3.63) is 29.3 Å². The van der Waals surface area contributed by atoms with Gasteiger partial charge in [0.25, 0.3) is 0 Å². The van der Waals surface area contributed by atoms with Gasteiger partial charge in [0.2, 0.25) is 0 Å². The van der Waals surface area contributed by atoms with Crippen LogP contribution in [0.4, 0.5) is 0 Å². The fraction of sp³-hybridized carbons (Fsp3) is 0.250. The van der Waals surface area contributed by atoms with Crippen molar-refractivity contribution in [3.8, 4) is 5.75 Å². The van der Waals surface area contributed by atoms with Crippen molar-refractivity contribution in [2.45, 2.75) is 13.8 Å². The number of hydrogen-bond donors (Lipinski definition) is 2. The first kappa shape index (κ1) is 9.10. The Morgan fingerprint density at radius 1 is 1.08 bits per heavy atom. The molecule has 3 nitrogen and oxygen atoms in total. The Bertz CT molecular complexity index is 253. The summed E-state index contributed by atoms with van der Waals surface area (Å²) < 4.78 is 4.69. The van der Waals surface area contributed by atoms with Gasteiger partial charge in [-0.2, -0.15) is 0 Å². The minimum atomic E-state index is -1.74. The Morgan fingerprint density at radius 2 is 1.58 bits per heavy atom. The van der Waals surface area contributed by atoms with Crippen molar-refractivity contribution in [2.24, 2.45) is 0 Å². The number of aryl methyl sites for hydroxylation is 2. The highest BCUT2D eigenvalue weighted by Crippen LogP contribution is 2.15. The van der Waals surface area contributed by atoms with Gasteiger partial charge in [0.05, 0.1) is 0 Å². The van der Waals surface area contributed by atoms with Gasteiger partial charge < -0.3 is 14.7 Å². The molecule has 12 heavy (non-hydrogen) atoms. The Morgan fingerprint density at radius 3 is 2.00 bits per heavy atom. The predicted molar refractivity (Wildman–Crippen MR) is 46.7 cm³/mol.